The molecule has 1 aliphatic rings. The molecule has 0 aromatic heterocycles. The molecule has 2 atom stereocenters. The summed E-state index contributed by atoms with van der Waals surface area (Å²) < 4.78 is 0. The molecule has 2 aromatic carbocycles. The molecule has 0 radical (unpaired) electrons. The maximum absolute atomic E-state index is 12.1. The molecule has 0 heterocycles. The van der Waals surface area contributed by atoms with Crippen molar-refractivity contribution < 1.29 is 4.79 Å². The maximum atomic E-state index is 12.1. The molecule has 0 aliphatic heterocycles. The van der Waals surface area contributed by atoms with Crippen LogP contribution in [0.4, 0.5) is 0 Å². The third-order valence-corrected chi connectivity index (χ3v) is 5.21. The van der Waals surface area contributed by atoms with E-state index in [1.54, 1.807) is 26.0 Å². The number of aliphatic imine (C=N–C) groups is 1. The molecule has 28 heavy (non-hydrogen) atoms. The topological polar surface area (TPSA) is 56.7 Å². The van der Waals surface area contributed by atoms with Gasteiger partial charge in [-0.05, 0) is 48.6 Å². The molecular weight excluding hydrogens is 348 g/mol. The first-order valence-corrected chi connectivity index (χ1v) is 9.83. The molecule has 1 saturated carbocycles. The number of rotatable bonds is 6. The van der Waals surface area contributed by atoms with Crippen LogP contribution in [0.15, 0.2) is 53.5 Å². The summed E-state index contributed by atoms with van der Waals surface area (Å²) >= 11 is 0. The molecule has 3 rings (SSSR count). The number of hydrogen-bond acceptors (Lipinski definition) is 2. The van der Waals surface area contributed by atoms with Gasteiger partial charge in [0.15, 0.2) is 5.96 Å². The van der Waals surface area contributed by atoms with Crippen LogP contribution in [-0.4, -0.2) is 50.5 Å². The Kier molecular flexibility index (Phi) is 6.34. The summed E-state index contributed by atoms with van der Waals surface area (Å²) in [6, 6.07) is 16.9. The van der Waals surface area contributed by atoms with Crippen molar-refractivity contribution in [2.45, 2.75) is 31.7 Å². The molecule has 0 bridgehead atoms. The van der Waals surface area contributed by atoms with Crippen molar-refractivity contribution in [2.75, 3.05) is 27.7 Å². The lowest BCUT2D eigenvalue weighted by Gasteiger charge is -2.13. The van der Waals surface area contributed by atoms with Crippen molar-refractivity contribution in [2.24, 2.45) is 4.99 Å². The summed E-state index contributed by atoms with van der Waals surface area (Å²) in [5, 5.41) is 6.92. The number of amides is 1. The summed E-state index contributed by atoms with van der Waals surface area (Å²) in [5.74, 6) is 1.43. The lowest BCUT2D eigenvalue weighted by molar-refractivity contribution is 0.0827. The average Bonchev–Trinajstić information content (AvgIpc) is 3.46. The highest BCUT2D eigenvalue weighted by molar-refractivity contribution is 5.94. The molecule has 1 fully saturated rings. The van der Waals surface area contributed by atoms with Gasteiger partial charge < -0.3 is 15.5 Å². The van der Waals surface area contributed by atoms with Gasteiger partial charge in [0.1, 0.15) is 0 Å². The van der Waals surface area contributed by atoms with Gasteiger partial charge in [-0.15, -0.1) is 0 Å². The van der Waals surface area contributed by atoms with E-state index in [0.717, 1.165) is 36.5 Å². The van der Waals surface area contributed by atoms with E-state index in [2.05, 4.69) is 52.9 Å². The van der Waals surface area contributed by atoms with Crippen LogP contribution in [0, 0.1) is 6.92 Å². The highest BCUT2D eigenvalue weighted by atomic mass is 16.2. The Morgan fingerprint density at radius 1 is 1.18 bits per heavy atom. The van der Waals surface area contributed by atoms with E-state index in [9.17, 15) is 4.79 Å². The molecular formula is C23H30N4O. The second-order valence-corrected chi connectivity index (χ2v) is 7.60. The summed E-state index contributed by atoms with van der Waals surface area (Å²) in [4.78, 5) is 18.1. The van der Waals surface area contributed by atoms with E-state index in [1.807, 2.05) is 18.2 Å². The highest BCUT2D eigenvalue weighted by Crippen LogP contribution is 2.41. The highest BCUT2D eigenvalue weighted by Gasteiger charge is 2.39. The normalized spacial score (nSPS) is 18.5. The van der Waals surface area contributed by atoms with Crippen LogP contribution >= 0.6 is 0 Å². The number of carbonyl (C=O) groups excluding carboxylic acids is 1. The molecule has 1 aliphatic carbocycles. The van der Waals surface area contributed by atoms with Crippen LogP contribution in [0.2, 0.25) is 0 Å². The second-order valence-electron chi connectivity index (χ2n) is 7.60. The number of guanidine groups is 1. The Morgan fingerprint density at radius 2 is 1.96 bits per heavy atom. The van der Waals surface area contributed by atoms with E-state index >= 15 is 0 Å². The van der Waals surface area contributed by atoms with Gasteiger partial charge in [0.2, 0.25) is 0 Å². The van der Waals surface area contributed by atoms with Gasteiger partial charge in [0.05, 0.1) is 0 Å². The number of aryl methyl sites for hydroxylation is 1. The second kappa shape index (κ2) is 8.91. The molecule has 0 spiro atoms. The van der Waals surface area contributed by atoms with Gasteiger partial charge in [-0.1, -0.05) is 36.4 Å². The predicted octanol–water partition coefficient (Wildman–Crippen LogP) is 2.96. The van der Waals surface area contributed by atoms with Gasteiger partial charge in [0, 0.05) is 45.2 Å². The minimum absolute atomic E-state index is 0.0308. The maximum Gasteiger partial charge on any atom is 0.253 e. The third-order valence-electron chi connectivity index (χ3n) is 5.21. The smallest absolute Gasteiger partial charge is 0.253 e. The molecule has 148 valence electrons. The van der Waals surface area contributed by atoms with E-state index in [4.69, 9.17) is 0 Å². The molecule has 5 nitrogen and oxygen atoms in total. The van der Waals surface area contributed by atoms with E-state index in [1.165, 1.54) is 11.1 Å². The minimum atomic E-state index is 0.0308. The van der Waals surface area contributed by atoms with Crippen LogP contribution in [0.25, 0.3) is 0 Å². The largest absolute Gasteiger partial charge is 0.356 e. The average molecular weight is 379 g/mol. The van der Waals surface area contributed by atoms with Crippen molar-refractivity contribution >= 4 is 11.9 Å². The van der Waals surface area contributed by atoms with E-state index in [-0.39, 0.29) is 5.91 Å². The molecule has 1 amide bonds. The zero-order valence-electron chi connectivity index (χ0n) is 17.2. The van der Waals surface area contributed by atoms with Gasteiger partial charge >= 0.3 is 0 Å². The molecule has 2 aromatic rings. The van der Waals surface area contributed by atoms with Crippen molar-refractivity contribution in [3.63, 3.8) is 0 Å². The first-order valence-electron chi connectivity index (χ1n) is 9.83. The van der Waals surface area contributed by atoms with Crippen LogP contribution < -0.4 is 10.6 Å². The fourth-order valence-electron chi connectivity index (χ4n) is 3.51. The SMILES string of the molecule is CN=C(NCCc1cccc(C(=O)N(C)C)c1)NC1CC1c1ccccc1C. The molecule has 2 N–H and O–H groups in total. The number of benzene rings is 2. The number of hydrogen-bond donors (Lipinski definition) is 2. The Morgan fingerprint density at radius 3 is 2.68 bits per heavy atom. The van der Waals surface area contributed by atoms with Crippen LogP contribution in [-0.2, 0) is 6.42 Å². The van der Waals surface area contributed by atoms with E-state index in [0.29, 0.717) is 12.0 Å². The first-order chi connectivity index (χ1) is 13.5. The van der Waals surface area contributed by atoms with Crippen molar-refractivity contribution in [1.82, 2.24) is 15.5 Å². The quantitative estimate of drug-likeness (QED) is 0.600. The fourth-order valence-corrected chi connectivity index (χ4v) is 3.51. The number of carbonyl (C=O) groups is 1. The Hall–Kier alpha value is -2.82. The Bertz CT molecular complexity index is 859. The van der Waals surface area contributed by atoms with Gasteiger partial charge in [0.25, 0.3) is 5.91 Å². The fraction of sp³-hybridized carbons (Fsp3) is 0.391. The van der Waals surface area contributed by atoms with Crippen LogP contribution in [0.3, 0.4) is 0 Å². The molecule has 5 heteroatoms. The van der Waals surface area contributed by atoms with Crippen molar-refractivity contribution in [3.8, 4) is 0 Å². The lowest BCUT2D eigenvalue weighted by Crippen LogP contribution is -2.40. The molecule has 2 unspecified atom stereocenters. The van der Waals surface area contributed by atoms with Crippen molar-refractivity contribution in [1.29, 1.82) is 0 Å². The Labute approximate surface area is 167 Å². The third kappa shape index (κ3) is 4.91. The molecule has 0 saturated heterocycles. The van der Waals surface area contributed by atoms with Gasteiger partial charge in [-0.3, -0.25) is 9.79 Å². The monoisotopic (exact) mass is 378 g/mol. The predicted molar refractivity (Wildman–Crippen MR) is 115 cm³/mol. The first kappa shape index (κ1) is 19.9. The zero-order chi connectivity index (χ0) is 20.1. The summed E-state index contributed by atoms with van der Waals surface area (Å²) in [6.45, 7) is 2.94. The van der Waals surface area contributed by atoms with Gasteiger partial charge in [-0.2, -0.15) is 0 Å². The van der Waals surface area contributed by atoms with Crippen LogP contribution in [0.5, 0.6) is 0 Å². The van der Waals surface area contributed by atoms with Crippen molar-refractivity contribution in [3.05, 3.63) is 70.8 Å². The summed E-state index contributed by atoms with van der Waals surface area (Å²) in [5.41, 5.74) is 4.65. The number of nitrogens with one attached hydrogen (secondary N) is 2. The minimum Gasteiger partial charge on any atom is -0.356 e. The van der Waals surface area contributed by atoms with Crippen LogP contribution in [0.1, 0.15) is 39.4 Å². The standard InChI is InChI=1S/C23H30N4O/c1-16-8-5-6-11-19(16)20-15-21(20)26-23(24-2)25-13-12-17-9-7-10-18(14-17)22(28)27(3)4/h5-11,14,20-21H,12-13,15H2,1-4H3,(H2,24,25,26). The Balaban J connectivity index is 1.49. The summed E-state index contributed by atoms with van der Waals surface area (Å²) in [6.07, 6.45) is 1.97. The van der Waals surface area contributed by atoms with Gasteiger partial charge in [-0.25, -0.2) is 0 Å². The number of nitrogens with zero attached hydrogens (tertiary/aromatic N) is 2. The summed E-state index contributed by atoms with van der Waals surface area (Å²) in [7, 11) is 5.35. The zero-order valence-corrected chi connectivity index (χ0v) is 17.2. The van der Waals surface area contributed by atoms with E-state index < -0.39 is 0 Å². The lowest BCUT2D eigenvalue weighted by atomic mass is 10.0.